The summed E-state index contributed by atoms with van der Waals surface area (Å²) in [5, 5.41) is 9.51. The summed E-state index contributed by atoms with van der Waals surface area (Å²) in [4.78, 5) is 25.1. The number of rotatable bonds is 9. The van der Waals surface area contributed by atoms with Crippen LogP contribution in [-0.2, 0) is 16.2 Å². The summed E-state index contributed by atoms with van der Waals surface area (Å²) < 4.78 is 12.0. The van der Waals surface area contributed by atoms with Crippen molar-refractivity contribution in [1.82, 2.24) is 4.90 Å². The number of carboxylic acid groups (broad SMARTS) is 1. The number of benzene rings is 2. The van der Waals surface area contributed by atoms with Crippen LogP contribution in [0.25, 0.3) is 6.08 Å². The fourth-order valence-electron chi connectivity index (χ4n) is 2.80. The molecule has 1 aliphatic heterocycles. The van der Waals surface area contributed by atoms with Crippen molar-refractivity contribution >= 4 is 57.9 Å². The number of aliphatic carboxylic acids is 1. The van der Waals surface area contributed by atoms with Gasteiger partial charge in [-0.15, -0.1) is 0 Å². The summed E-state index contributed by atoms with van der Waals surface area (Å²) in [5.41, 5.74) is 1.72. The van der Waals surface area contributed by atoms with Crippen molar-refractivity contribution in [3.63, 3.8) is 0 Å². The van der Waals surface area contributed by atoms with Crippen LogP contribution in [0.2, 0.25) is 5.02 Å². The lowest BCUT2D eigenvalue weighted by atomic mass is 10.1. The van der Waals surface area contributed by atoms with Gasteiger partial charge in [0, 0.05) is 11.6 Å². The minimum Gasteiger partial charge on any atom is -0.490 e. The predicted octanol–water partition coefficient (Wildman–Crippen LogP) is 4.99. The van der Waals surface area contributed by atoms with Crippen LogP contribution in [0.1, 0.15) is 24.5 Å². The Morgan fingerprint density at radius 3 is 2.61 bits per heavy atom. The van der Waals surface area contributed by atoms with E-state index in [1.54, 1.807) is 30.3 Å². The molecule has 1 amide bonds. The average molecular weight is 478 g/mol. The van der Waals surface area contributed by atoms with Crippen LogP contribution >= 0.6 is 35.6 Å². The second kappa shape index (κ2) is 10.7. The summed E-state index contributed by atoms with van der Waals surface area (Å²) in [5.74, 6) is -0.125. The van der Waals surface area contributed by atoms with E-state index < -0.39 is 5.97 Å². The number of nitrogens with zero attached hydrogens (tertiary/aromatic N) is 1. The summed E-state index contributed by atoms with van der Waals surface area (Å²) in [6.45, 7) is 2.75. The van der Waals surface area contributed by atoms with Gasteiger partial charge in [-0.2, -0.15) is 0 Å². The van der Waals surface area contributed by atoms with Gasteiger partial charge in [0.25, 0.3) is 5.91 Å². The number of ether oxygens (including phenoxy) is 2. The van der Waals surface area contributed by atoms with Crippen molar-refractivity contribution in [3.8, 4) is 11.5 Å². The summed E-state index contributed by atoms with van der Waals surface area (Å²) >= 11 is 12.3. The van der Waals surface area contributed by atoms with Crippen molar-refractivity contribution in [2.24, 2.45) is 0 Å². The molecule has 1 saturated heterocycles. The summed E-state index contributed by atoms with van der Waals surface area (Å²) in [6, 6.07) is 12.8. The van der Waals surface area contributed by atoms with E-state index in [-0.39, 0.29) is 18.9 Å². The molecule has 162 valence electrons. The van der Waals surface area contributed by atoms with Gasteiger partial charge in [-0.3, -0.25) is 14.5 Å². The van der Waals surface area contributed by atoms with E-state index in [1.807, 2.05) is 25.1 Å². The van der Waals surface area contributed by atoms with Crippen LogP contribution in [0.4, 0.5) is 0 Å². The fraction of sp³-hybridized carbons (Fsp3) is 0.227. The number of carbonyl (C=O) groups excluding carboxylic acids is 1. The number of halogens is 1. The highest BCUT2D eigenvalue weighted by Gasteiger charge is 2.32. The Balaban J connectivity index is 1.75. The van der Waals surface area contributed by atoms with Crippen LogP contribution in [-0.4, -0.2) is 39.4 Å². The number of hydrogen-bond acceptors (Lipinski definition) is 6. The van der Waals surface area contributed by atoms with Gasteiger partial charge in [0.05, 0.1) is 17.9 Å². The smallest absolute Gasteiger partial charge is 0.305 e. The minimum atomic E-state index is -0.978. The molecular weight excluding hydrogens is 458 g/mol. The number of carboxylic acids is 1. The van der Waals surface area contributed by atoms with Gasteiger partial charge in [-0.25, -0.2) is 0 Å². The molecule has 0 saturated carbocycles. The first-order valence-electron chi connectivity index (χ1n) is 9.48. The van der Waals surface area contributed by atoms with E-state index in [2.05, 4.69) is 0 Å². The third kappa shape index (κ3) is 6.22. The zero-order chi connectivity index (χ0) is 22.4. The molecule has 0 unspecified atom stereocenters. The molecule has 2 aromatic rings. The second-order valence-electron chi connectivity index (χ2n) is 6.53. The molecule has 3 rings (SSSR count). The Morgan fingerprint density at radius 2 is 1.94 bits per heavy atom. The second-order valence-corrected chi connectivity index (χ2v) is 8.64. The van der Waals surface area contributed by atoms with Gasteiger partial charge in [-0.1, -0.05) is 53.8 Å². The Kier molecular flexibility index (Phi) is 7.95. The maximum Gasteiger partial charge on any atom is 0.305 e. The third-order valence-electron chi connectivity index (χ3n) is 4.30. The average Bonchev–Trinajstić information content (AvgIpc) is 3.00. The molecule has 0 bridgehead atoms. The van der Waals surface area contributed by atoms with E-state index in [9.17, 15) is 9.59 Å². The Hall–Kier alpha value is -2.55. The lowest BCUT2D eigenvalue weighted by Gasteiger charge is -2.13. The predicted molar refractivity (Wildman–Crippen MR) is 126 cm³/mol. The van der Waals surface area contributed by atoms with E-state index in [1.165, 1.54) is 4.90 Å². The molecule has 0 radical (unpaired) electrons. The monoisotopic (exact) mass is 477 g/mol. The maximum absolute atomic E-state index is 12.6. The number of thioether (sulfide) groups is 1. The van der Waals surface area contributed by atoms with Gasteiger partial charge in [0.15, 0.2) is 11.5 Å². The van der Waals surface area contributed by atoms with Crippen LogP contribution in [0.15, 0.2) is 47.4 Å². The molecule has 0 atom stereocenters. The van der Waals surface area contributed by atoms with E-state index >= 15 is 0 Å². The standard InChI is InChI=1S/C22H20ClNO5S2/c1-2-28-18-11-15(5-8-17(18)29-13-14-3-6-16(23)7-4-14)12-19-21(27)24(22(30)31-19)10-9-20(25)26/h3-8,11-12H,2,9-10,13H2,1H3,(H,25,26)/b19-12-. The zero-order valence-electron chi connectivity index (χ0n) is 16.7. The molecule has 9 heteroatoms. The van der Waals surface area contributed by atoms with Gasteiger partial charge in [-0.05, 0) is 48.4 Å². The topological polar surface area (TPSA) is 76.1 Å². The van der Waals surface area contributed by atoms with Crippen molar-refractivity contribution in [1.29, 1.82) is 0 Å². The van der Waals surface area contributed by atoms with E-state index in [4.69, 9.17) is 38.4 Å². The third-order valence-corrected chi connectivity index (χ3v) is 5.93. The van der Waals surface area contributed by atoms with Crippen molar-refractivity contribution < 1.29 is 24.2 Å². The first-order chi connectivity index (χ1) is 14.9. The minimum absolute atomic E-state index is 0.0546. The van der Waals surface area contributed by atoms with Crippen LogP contribution in [0.3, 0.4) is 0 Å². The number of hydrogen-bond donors (Lipinski definition) is 1. The van der Waals surface area contributed by atoms with Crippen molar-refractivity contribution in [3.05, 3.63) is 63.5 Å². The quantitative estimate of drug-likeness (QED) is 0.402. The highest BCUT2D eigenvalue weighted by molar-refractivity contribution is 8.26. The Bertz CT molecular complexity index is 1020. The molecule has 31 heavy (non-hydrogen) atoms. The van der Waals surface area contributed by atoms with Crippen LogP contribution < -0.4 is 9.47 Å². The van der Waals surface area contributed by atoms with Gasteiger partial charge >= 0.3 is 5.97 Å². The van der Waals surface area contributed by atoms with E-state index in [0.29, 0.717) is 39.0 Å². The van der Waals surface area contributed by atoms with E-state index in [0.717, 1.165) is 22.9 Å². The molecule has 1 N–H and O–H groups in total. The van der Waals surface area contributed by atoms with Crippen LogP contribution in [0.5, 0.6) is 11.5 Å². The normalized spacial score (nSPS) is 14.9. The number of amides is 1. The first kappa shape index (κ1) is 23.1. The van der Waals surface area contributed by atoms with Gasteiger partial charge < -0.3 is 14.6 Å². The number of carbonyl (C=O) groups is 2. The molecule has 1 fully saturated rings. The molecular formula is C22H20ClNO5S2. The van der Waals surface area contributed by atoms with Gasteiger partial charge in [0.2, 0.25) is 0 Å². The van der Waals surface area contributed by atoms with Crippen molar-refractivity contribution in [2.45, 2.75) is 20.0 Å². The Labute approximate surface area is 194 Å². The molecule has 1 heterocycles. The largest absolute Gasteiger partial charge is 0.490 e. The zero-order valence-corrected chi connectivity index (χ0v) is 19.1. The summed E-state index contributed by atoms with van der Waals surface area (Å²) in [6.07, 6.45) is 1.55. The molecule has 2 aromatic carbocycles. The van der Waals surface area contributed by atoms with Crippen LogP contribution in [0, 0.1) is 0 Å². The molecule has 0 aliphatic carbocycles. The fourth-order valence-corrected chi connectivity index (χ4v) is 4.23. The highest BCUT2D eigenvalue weighted by atomic mass is 35.5. The molecule has 0 spiro atoms. The highest BCUT2D eigenvalue weighted by Crippen LogP contribution is 2.35. The Morgan fingerprint density at radius 1 is 1.19 bits per heavy atom. The van der Waals surface area contributed by atoms with Gasteiger partial charge in [0.1, 0.15) is 10.9 Å². The molecule has 1 aliphatic rings. The maximum atomic E-state index is 12.6. The summed E-state index contributed by atoms with van der Waals surface area (Å²) in [7, 11) is 0. The lowest BCUT2D eigenvalue weighted by Crippen LogP contribution is -2.30. The molecule has 6 nitrogen and oxygen atoms in total. The lowest BCUT2D eigenvalue weighted by molar-refractivity contribution is -0.137. The number of thiocarbonyl (C=S) groups is 1. The van der Waals surface area contributed by atoms with Crippen molar-refractivity contribution in [2.75, 3.05) is 13.2 Å². The SMILES string of the molecule is CCOc1cc(/C=C2\SC(=S)N(CCC(=O)O)C2=O)ccc1OCc1ccc(Cl)cc1. The molecule has 0 aromatic heterocycles. The first-order valence-corrected chi connectivity index (χ1v) is 11.1.